The minimum atomic E-state index is 0.243. The molecule has 1 aromatic heterocycles. The summed E-state index contributed by atoms with van der Waals surface area (Å²) in [5, 5.41) is 4.55. The minimum Gasteiger partial charge on any atom is -0.493 e. The Labute approximate surface area is 182 Å². The van der Waals surface area contributed by atoms with Crippen LogP contribution in [0.15, 0.2) is 59.3 Å². The van der Waals surface area contributed by atoms with Crippen molar-refractivity contribution < 1.29 is 9.47 Å². The van der Waals surface area contributed by atoms with E-state index in [-0.39, 0.29) is 6.61 Å². The zero-order chi connectivity index (χ0) is 19.9. The molecular weight excluding hydrogens is 463 g/mol. The van der Waals surface area contributed by atoms with E-state index >= 15 is 0 Å². The molecule has 7 heteroatoms. The maximum absolute atomic E-state index is 6.22. The fraction of sp³-hybridized carbons (Fsp3) is 0.190. The highest BCUT2D eigenvalue weighted by molar-refractivity contribution is 9.10. The molecule has 4 nitrogen and oxygen atoms in total. The Bertz CT molecular complexity index is 919. The van der Waals surface area contributed by atoms with E-state index in [1.807, 2.05) is 24.3 Å². The molecule has 1 N–H and O–H groups in total. The summed E-state index contributed by atoms with van der Waals surface area (Å²) in [5.74, 6) is 1.25. The third-order valence-corrected chi connectivity index (χ3v) is 5.42. The Morgan fingerprint density at radius 3 is 2.36 bits per heavy atom. The number of methoxy groups -OCH3 is 1. The second-order valence-corrected chi connectivity index (χ2v) is 7.73. The van der Waals surface area contributed by atoms with Crippen molar-refractivity contribution in [2.45, 2.75) is 19.7 Å². The Kier molecular flexibility index (Phi) is 7.57. The maximum Gasteiger partial charge on any atom is 0.175 e. The van der Waals surface area contributed by atoms with Crippen LogP contribution in [0.3, 0.4) is 0 Å². The summed E-state index contributed by atoms with van der Waals surface area (Å²) in [6.45, 7) is 1.69. The number of nitrogens with zero attached hydrogens (tertiary/aromatic N) is 1. The average molecular weight is 482 g/mol. The Morgan fingerprint density at radius 1 is 1.00 bits per heavy atom. The first kappa shape index (κ1) is 20.9. The van der Waals surface area contributed by atoms with Gasteiger partial charge in [0.1, 0.15) is 6.61 Å². The van der Waals surface area contributed by atoms with E-state index < -0.39 is 0 Å². The van der Waals surface area contributed by atoms with Crippen molar-refractivity contribution >= 4 is 39.1 Å². The molecule has 0 atom stereocenters. The summed E-state index contributed by atoms with van der Waals surface area (Å²) in [6.07, 6.45) is 3.57. The smallest absolute Gasteiger partial charge is 0.175 e. The van der Waals surface area contributed by atoms with Crippen LogP contribution in [-0.4, -0.2) is 12.1 Å². The molecule has 1 heterocycles. The SMILES string of the molecule is COc1cc(CNCc2ccncc2)cc(Br)c1OCc1c(Cl)cccc1Cl. The second kappa shape index (κ2) is 10.1. The van der Waals surface area contributed by atoms with E-state index in [0.717, 1.165) is 22.1 Å². The first-order chi connectivity index (χ1) is 13.6. The third-order valence-electron chi connectivity index (χ3n) is 4.12. The Balaban J connectivity index is 1.69. The van der Waals surface area contributed by atoms with Crippen LogP contribution in [0.5, 0.6) is 11.5 Å². The number of halogens is 3. The molecule has 0 bridgehead atoms. The molecule has 0 fully saturated rings. The quantitative estimate of drug-likeness (QED) is 0.426. The molecule has 3 aromatic rings. The van der Waals surface area contributed by atoms with Crippen LogP contribution in [-0.2, 0) is 19.7 Å². The van der Waals surface area contributed by atoms with Crippen molar-refractivity contribution in [3.8, 4) is 11.5 Å². The lowest BCUT2D eigenvalue weighted by atomic mass is 10.2. The fourth-order valence-electron chi connectivity index (χ4n) is 2.68. The van der Waals surface area contributed by atoms with E-state index in [4.69, 9.17) is 32.7 Å². The van der Waals surface area contributed by atoms with Crippen LogP contribution >= 0.6 is 39.1 Å². The third kappa shape index (κ3) is 5.39. The molecular formula is C21H19BrCl2N2O2. The van der Waals surface area contributed by atoms with Gasteiger partial charge in [0.2, 0.25) is 0 Å². The lowest BCUT2D eigenvalue weighted by Gasteiger charge is -2.16. The normalized spacial score (nSPS) is 10.7. The van der Waals surface area contributed by atoms with Gasteiger partial charge < -0.3 is 14.8 Å². The van der Waals surface area contributed by atoms with E-state index in [1.54, 1.807) is 37.7 Å². The zero-order valence-electron chi connectivity index (χ0n) is 15.2. The lowest BCUT2D eigenvalue weighted by Crippen LogP contribution is -2.13. The highest BCUT2D eigenvalue weighted by Crippen LogP contribution is 2.38. The molecule has 0 amide bonds. The van der Waals surface area contributed by atoms with E-state index in [9.17, 15) is 0 Å². The van der Waals surface area contributed by atoms with E-state index in [2.05, 4.69) is 26.2 Å². The fourth-order valence-corrected chi connectivity index (χ4v) is 3.79. The van der Waals surface area contributed by atoms with Gasteiger partial charge in [0.25, 0.3) is 0 Å². The van der Waals surface area contributed by atoms with Crippen molar-refractivity contribution in [1.29, 1.82) is 0 Å². The summed E-state index contributed by atoms with van der Waals surface area (Å²) in [4.78, 5) is 4.02. The number of hydrogen-bond donors (Lipinski definition) is 1. The number of nitrogens with one attached hydrogen (secondary N) is 1. The highest BCUT2D eigenvalue weighted by atomic mass is 79.9. The molecule has 0 radical (unpaired) electrons. The summed E-state index contributed by atoms with van der Waals surface area (Å²) < 4.78 is 12.3. The largest absolute Gasteiger partial charge is 0.493 e. The topological polar surface area (TPSA) is 43.4 Å². The van der Waals surface area contributed by atoms with Gasteiger partial charge in [-0.05, 0) is 63.5 Å². The number of ether oxygens (including phenoxy) is 2. The van der Waals surface area contributed by atoms with Crippen molar-refractivity contribution in [2.24, 2.45) is 0 Å². The van der Waals surface area contributed by atoms with Crippen LogP contribution in [0.2, 0.25) is 10.0 Å². The predicted molar refractivity (Wildman–Crippen MR) is 116 cm³/mol. The molecule has 3 rings (SSSR count). The van der Waals surface area contributed by atoms with Gasteiger partial charge in [-0.15, -0.1) is 0 Å². The molecule has 146 valence electrons. The minimum absolute atomic E-state index is 0.243. The molecule has 0 aliphatic heterocycles. The van der Waals surface area contributed by atoms with Crippen LogP contribution in [0.1, 0.15) is 16.7 Å². The number of hydrogen-bond acceptors (Lipinski definition) is 4. The molecule has 0 aliphatic carbocycles. The number of pyridine rings is 1. The first-order valence-electron chi connectivity index (χ1n) is 8.60. The monoisotopic (exact) mass is 480 g/mol. The van der Waals surface area contributed by atoms with Gasteiger partial charge in [-0.3, -0.25) is 4.98 Å². The predicted octanol–water partition coefficient (Wildman–Crippen LogP) is 6.03. The first-order valence-corrected chi connectivity index (χ1v) is 10.1. The van der Waals surface area contributed by atoms with Crippen LogP contribution < -0.4 is 14.8 Å². The van der Waals surface area contributed by atoms with Gasteiger partial charge in [-0.2, -0.15) is 0 Å². The van der Waals surface area contributed by atoms with Gasteiger partial charge in [0, 0.05) is 41.1 Å². The summed E-state index contributed by atoms with van der Waals surface area (Å²) in [5.41, 5.74) is 2.99. The number of aromatic nitrogens is 1. The van der Waals surface area contributed by atoms with Gasteiger partial charge in [0.05, 0.1) is 11.6 Å². The summed E-state index contributed by atoms with van der Waals surface area (Å²) in [6, 6.07) is 13.3. The molecule has 0 spiro atoms. The highest BCUT2D eigenvalue weighted by Gasteiger charge is 2.14. The molecule has 0 saturated carbocycles. The molecule has 28 heavy (non-hydrogen) atoms. The summed E-state index contributed by atoms with van der Waals surface area (Å²) >= 11 is 16.0. The van der Waals surface area contributed by atoms with Gasteiger partial charge in [-0.1, -0.05) is 29.3 Å². The van der Waals surface area contributed by atoms with Gasteiger partial charge in [-0.25, -0.2) is 0 Å². The molecule has 2 aromatic carbocycles. The average Bonchev–Trinajstić information content (AvgIpc) is 2.69. The zero-order valence-corrected chi connectivity index (χ0v) is 18.3. The van der Waals surface area contributed by atoms with Crippen LogP contribution in [0, 0.1) is 0 Å². The van der Waals surface area contributed by atoms with E-state index in [1.165, 1.54) is 5.56 Å². The van der Waals surface area contributed by atoms with Crippen molar-refractivity contribution in [3.63, 3.8) is 0 Å². The second-order valence-electron chi connectivity index (χ2n) is 6.06. The van der Waals surface area contributed by atoms with Crippen molar-refractivity contribution in [2.75, 3.05) is 7.11 Å². The standard InChI is InChI=1S/C21H19BrCl2N2O2/c1-27-20-10-15(12-26-11-14-5-7-25-8-6-14)9-17(22)21(20)28-13-16-18(23)3-2-4-19(16)24/h2-10,26H,11-13H2,1H3. The van der Waals surface area contributed by atoms with E-state index in [0.29, 0.717) is 28.1 Å². The van der Waals surface area contributed by atoms with Crippen LogP contribution in [0.4, 0.5) is 0 Å². The Morgan fingerprint density at radius 2 is 1.68 bits per heavy atom. The molecule has 0 unspecified atom stereocenters. The number of rotatable bonds is 8. The van der Waals surface area contributed by atoms with Crippen LogP contribution in [0.25, 0.3) is 0 Å². The Hall–Kier alpha value is -1.79. The van der Waals surface area contributed by atoms with Crippen molar-refractivity contribution in [3.05, 3.63) is 86.1 Å². The van der Waals surface area contributed by atoms with Gasteiger partial charge in [0.15, 0.2) is 11.5 Å². The molecule has 0 aliphatic rings. The maximum atomic E-state index is 6.22. The lowest BCUT2D eigenvalue weighted by molar-refractivity contribution is 0.282. The summed E-state index contributed by atoms with van der Waals surface area (Å²) in [7, 11) is 1.62. The number of benzene rings is 2. The molecule has 0 saturated heterocycles. The van der Waals surface area contributed by atoms with Crippen molar-refractivity contribution in [1.82, 2.24) is 10.3 Å². The van der Waals surface area contributed by atoms with Gasteiger partial charge >= 0.3 is 0 Å².